The summed E-state index contributed by atoms with van der Waals surface area (Å²) < 4.78 is 7.01. The third kappa shape index (κ3) is 6.73. The zero-order chi connectivity index (χ0) is 27.2. The van der Waals surface area contributed by atoms with Crippen LogP contribution in [0.5, 0.6) is 5.75 Å². The first kappa shape index (κ1) is 27.2. The number of amides is 2. The second kappa shape index (κ2) is 12.2. The van der Waals surface area contributed by atoms with E-state index >= 15 is 0 Å². The van der Waals surface area contributed by atoms with Crippen LogP contribution in [0.3, 0.4) is 0 Å². The largest absolute Gasteiger partial charge is 0.497 e. The van der Waals surface area contributed by atoms with Gasteiger partial charge in [-0.2, -0.15) is 0 Å². The van der Waals surface area contributed by atoms with Gasteiger partial charge in [0.25, 0.3) is 5.91 Å². The van der Waals surface area contributed by atoms with E-state index in [0.29, 0.717) is 39.5 Å². The van der Waals surface area contributed by atoms with Gasteiger partial charge in [-0.3, -0.25) is 19.5 Å². The van der Waals surface area contributed by atoms with Crippen LogP contribution in [0.25, 0.3) is 16.9 Å². The Bertz CT molecular complexity index is 1430. The molecule has 38 heavy (non-hydrogen) atoms. The Kier molecular flexibility index (Phi) is 8.71. The Labute approximate surface area is 232 Å². The molecule has 4 rings (SSSR count). The van der Waals surface area contributed by atoms with E-state index in [9.17, 15) is 9.59 Å². The molecule has 0 aliphatic carbocycles. The smallest absolute Gasteiger partial charge is 0.254 e. The molecule has 0 unspecified atom stereocenters. The van der Waals surface area contributed by atoms with Crippen molar-refractivity contribution in [2.24, 2.45) is 5.92 Å². The van der Waals surface area contributed by atoms with Gasteiger partial charge in [0.15, 0.2) is 0 Å². The molecule has 0 fully saturated rings. The van der Waals surface area contributed by atoms with E-state index in [1.807, 2.05) is 44.3 Å². The number of carbonyl (C=O) groups is 2. The van der Waals surface area contributed by atoms with Crippen LogP contribution in [-0.2, 0) is 4.79 Å². The van der Waals surface area contributed by atoms with Gasteiger partial charge in [-0.1, -0.05) is 61.3 Å². The number of benzene rings is 3. The molecule has 4 aromatic rings. The molecule has 196 valence electrons. The van der Waals surface area contributed by atoms with Crippen molar-refractivity contribution in [3.8, 4) is 22.7 Å². The highest BCUT2D eigenvalue weighted by atomic mass is 35.5. The van der Waals surface area contributed by atoms with Crippen molar-refractivity contribution in [1.29, 1.82) is 0 Å². The number of nitrogens with one attached hydrogen (secondary N) is 1. The molecule has 9 heteroatoms. The van der Waals surface area contributed by atoms with Crippen LogP contribution in [0.1, 0.15) is 24.2 Å². The van der Waals surface area contributed by atoms with Gasteiger partial charge in [0.05, 0.1) is 12.8 Å². The van der Waals surface area contributed by atoms with Gasteiger partial charge in [-0.15, -0.1) is 0 Å². The predicted molar refractivity (Wildman–Crippen MR) is 151 cm³/mol. The Hall–Kier alpha value is -3.81. The minimum atomic E-state index is -0.376. The first-order chi connectivity index (χ1) is 18.2. The average molecular weight is 551 g/mol. The SMILES string of the molecule is COc1cccc(C(=O)N(CC(=O)Nc2nc(-c3ccc(Cl)cc3)cn2-c2cccc(Cl)c2)CC(C)C)c1. The van der Waals surface area contributed by atoms with Crippen LogP contribution in [-0.4, -0.2) is 46.5 Å². The van der Waals surface area contributed by atoms with E-state index in [2.05, 4.69) is 10.3 Å². The molecule has 0 spiro atoms. The molecule has 0 bridgehead atoms. The fourth-order valence-corrected chi connectivity index (χ4v) is 4.30. The summed E-state index contributed by atoms with van der Waals surface area (Å²) in [6, 6.07) is 21.4. The normalized spacial score (nSPS) is 10.9. The molecule has 0 atom stereocenters. The number of hydrogen-bond acceptors (Lipinski definition) is 4. The number of nitrogens with zero attached hydrogens (tertiary/aromatic N) is 3. The fraction of sp³-hybridized carbons (Fsp3) is 0.207. The Balaban J connectivity index is 1.62. The number of halogens is 2. The van der Waals surface area contributed by atoms with Crippen LogP contribution < -0.4 is 10.1 Å². The maximum Gasteiger partial charge on any atom is 0.254 e. The van der Waals surface area contributed by atoms with Crippen molar-refractivity contribution in [1.82, 2.24) is 14.5 Å². The number of ether oxygens (including phenoxy) is 1. The molecule has 0 radical (unpaired) electrons. The lowest BCUT2D eigenvalue weighted by Gasteiger charge is -2.24. The standard InChI is InChI=1S/C29H28Cl2N4O3/c1-19(2)16-34(28(37)21-6-4-9-25(14-21)38-3)18-27(36)33-29-32-26(20-10-12-22(30)13-11-20)17-35(29)24-8-5-7-23(31)15-24/h4-15,17,19H,16,18H2,1-3H3,(H,32,33,36). The second-order valence-electron chi connectivity index (χ2n) is 9.17. The van der Waals surface area contributed by atoms with Crippen LogP contribution >= 0.6 is 23.2 Å². The summed E-state index contributed by atoms with van der Waals surface area (Å²) in [6.07, 6.45) is 1.82. The van der Waals surface area contributed by atoms with E-state index < -0.39 is 0 Å². The van der Waals surface area contributed by atoms with Crippen LogP contribution in [0.15, 0.2) is 79.0 Å². The monoisotopic (exact) mass is 550 g/mol. The van der Waals surface area contributed by atoms with Crippen molar-refractivity contribution in [3.63, 3.8) is 0 Å². The lowest BCUT2D eigenvalue weighted by molar-refractivity contribution is -0.117. The average Bonchev–Trinajstić information content (AvgIpc) is 3.31. The van der Waals surface area contributed by atoms with Crippen molar-refractivity contribution in [2.45, 2.75) is 13.8 Å². The van der Waals surface area contributed by atoms with E-state index in [1.165, 1.54) is 4.90 Å². The highest BCUT2D eigenvalue weighted by Gasteiger charge is 2.22. The summed E-state index contributed by atoms with van der Waals surface area (Å²) in [5, 5.41) is 4.05. The summed E-state index contributed by atoms with van der Waals surface area (Å²) in [5.41, 5.74) is 2.65. The molecule has 3 aromatic carbocycles. The first-order valence-electron chi connectivity index (χ1n) is 12.1. The van der Waals surface area contributed by atoms with Gasteiger partial charge >= 0.3 is 0 Å². The number of rotatable bonds is 9. The fourth-order valence-electron chi connectivity index (χ4n) is 3.99. The van der Waals surface area contributed by atoms with Crippen LogP contribution in [0.4, 0.5) is 5.95 Å². The summed E-state index contributed by atoms with van der Waals surface area (Å²) in [4.78, 5) is 32.8. The zero-order valence-electron chi connectivity index (χ0n) is 21.3. The molecular formula is C29H28Cl2N4O3. The third-order valence-corrected chi connectivity index (χ3v) is 6.19. The van der Waals surface area contributed by atoms with Gasteiger partial charge in [0.2, 0.25) is 11.9 Å². The number of carbonyl (C=O) groups excluding carboxylic acids is 2. The highest BCUT2D eigenvalue weighted by molar-refractivity contribution is 6.31. The van der Waals surface area contributed by atoms with Gasteiger partial charge in [0, 0.05) is 39.6 Å². The summed E-state index contributed by atoms with van der Waals surface area (Å²) in [6.45, 7) is 4.25. The quantitative estimate of drug-likeness (QED) is 0.255. The molecular weight excluding hydrogens is 523 g/mol. The lowest BCUT2D eigenvalue weighted by Crippen LogP contribution is -2.40. The molecule has 7 nitrogen and oxygen atoms in total. The maximum atomic E-state index is 13.3. The number of anilines is 1. The first-order valence-corrected chi connectivity index (χ1v) is 12.8. The highest BCUT2D eigenvalue weighted by Crippen LogP contribution is 2.27. The summed E-state index contributed by atoms with van der Waals surface area (Å²) >= 11 is 12.3. The summed E-state index contributed by atoms with van der Waals surface area (Å²) in [5.74, 6) is 0.400. The lowest BCUT2D eigenvalue weighted by atomic mass is 10.1. The topological polar surface area (TPSA) is 76.5 Å². The van der Waals surface area contributed by atoms with Crippen molar-refractivity contribution in [3.05, 3.63) is 94.6 Å². The third-order valence-electron chi connectivity index (χ3n) is 5.71. The number of aromatic nitrogens is 2. The van der Waals surface area contributed by atoms with Crippen LogP contribution in [0, 0.1) is 5.92 Å². The molecule has 1 N–H and O–H groups in total. The van der Waals surface area contributed by atoms with Crippen molar-refractivity contribution in [2.75, 3.05) is 25.5 Å². The van der Waals surface area contributed by atoms with E-state index in [0.717, 1.165) is 11.3 Å². The molecule has 0 aliphatic heterocycles. The Morgan fingerprint density at radius 1 is 1.00 bits per heavy atom. The summed E-state index contributed by atoms with van der Waals surface area (Å²) in [7, 11) is 1.54. The molecule has 0 aliphatic rings. The van der Waals surface area contributed by atoms with Gasteiger partial charge in [-0.25, -0.2) is 4.98 Å². The van der Waals surface area contributed by atoms with E-state index in [4.69, 9.17) is 27.9 Å². The maximum absolute atomic E-state index is 13.3. The Morgan fingerprint density at radius 3 is 2.42 bits per heavy atom. The van der Waals surface area contributed by atoms with E-state index in [-0.39, 0.29) is 24.3 Å². The van der Waals surface area contributed by atoms with Gasteiger partial charge in [0.1, 0.15) is 12.3 Å². The van der Waals surface area contributed by atoms with Gasteiger partial charge in [-0.05, 0) is 54.4 Å². The van der Waals surface area contributed by atoms with Gasteiger partial charge < -0.3 is 9.64 Å². The number of methoxy groups -OCH3 is 1. The van der Waals surface area contributed by atoms with Crippen molar-refractivity contribution >= 4 is 41.0 Å². The molecule has 0 saturated heterocycles. The molecule has 0 saturated carbocycles. The molecule has 1 aromatic heterocycles. The predicted octanol–water partition coefficient (Wildman–Crippen LogP) is 6.59. The minimum absolute atomic E-state index is 0.146. The second-order valence-corrected chi connectivity index (χ2v) is 10.0. The van der Waals surface area contributed by atoms with Crippen molar-refractivity contribution < 1.29 is 14.3 Å². The van der Waals surface area contributed by atoms with E-state index in [1.54, 1.807) is 60.2 Å². The number of hydrogen-bond donors (Lipinski definition) is 1. The minimum Gasteiger partial charge on any atom is -0.497 e. The van der Waals surface area contributed by atoms with Crippen LogP contribution in [0.2, 0.25) is 10.0 Å². The number of imidazole rings is 1. The Morgan fingerprint density at radius 2 is 1.74 bits per heavy atom. The zero-order valence-corrected chi connectivity index (χ0v) is 22.8. The molecule has 2 amide bonds. The molecule has 1 heterocycles.